The van der Waals surface area contributed by atoms with Crippen molar-refractivity contribution in [2.45, 2.75) is 56.5 Å². The van der Waals surface area contributed by atoms with Gasteiger partial charge in [0, 0.05) is 30.0 Å². The second-order valence-electron chi connectivity index (χ2n) is 11.0. The number of hydrogen-bond donors (Lipinski definition) is 4. The van der Waals surface area contributed by atoms with Gasteiger partial charge in [-0.3, -0.25) is 0 Å². The van der Waals surface area contributed by atoms with Crippen LogP contribution in [-0.2, 0) is 16.4 Å². The topological polar surface area (TPSA) is 72.7 Å². The highest BCUT2D eigenvalue weighted by atomic mass is 16.3. The predicted molar refractivity (Wildman–Crippen MR) is 142 cm³/mol. The lowest BCUT2D eigenvalue weighted by molar-refractivity contribution is -0.0430. The molecule has 1 heterocycles. The van der Waals surface area contributed by atoms with Crippen LogP contribution in [0.5, 0.6) is 5.75 Å². The van der Waals surface area contributed by atoms with Crippen molar-refractivity contribution in [2.24, 2.45) is 5.92 Å². The minimum absolute atomic E-state index is 0.0599. The summed E-state index contributed by atoms with van der Waals surface area (Å²) in [5, 5.41) is 37.6. The van der Waals surface area contributed by atoms with Crippen LogP contribution in [0.1, 0.15) is 62.3 Å². The molecular weight excluding hydrogens is 434 g/mol. The first kappa shape index (κ1) is 25.4. The first-order chi connectivity index (χ1) is 16.7. The monoisotopic (exact) mass is 473 g/mol. The average Bonchev–Trinajstić information content (AvgIpc) is 2.87. The fourth-order valence-electron chi connectivity index (χ4n) is 6.01. The Labute approximate surface area is 209 Å². The second kappa shape index (κ2) is 10.1. The van der Waals surface area contributed by atoms with Crippen molar-refractivity contribution in [3.63, 3.8) is 0 Å². The largest absolute Gasteiger partial charge is 0.508 e. The number of aromatic hydroxyl groups is 1. The summed E-state index contributed by atoms with van der Waals surface area (Å²) in [7, 11) is 0. The molecule has 4 nitrogen and oxygen atoms in total. The highest BCUT2D eigenvalue weighted by Crippen LogP contribution is 2.53. The number of aliphatic hydroxyl groups excluding tert-OH is 1. The molecule has 4 N–H and O–H groups in total. The number of phenols is 1. The van der Waals surface area contributed by atoms with Crippen LogP contribution in [0, 0.1) is 5.92 Å². The Bertz CT molecular complexity index is 1070. The van der Waals surface area contributed by atoms with Crippen LogP contribution in [0.15, 0.2) is 78.9 Å². The van der Waals surface area contributed by atoms with Crippen LogP contribution in [0.4, 0.5) is 0 Å². The van der Waals surface area contributed by atoms with Crippen molar-refractivity contribution in [3.8, 4) is 5.75 Å². The van der Waals surface area contributed by atoms with Crippen molar-refractivity contribution < 1.29 is 15.3 Å². The molecule has 1 fully saturated rings. The second-order valence-corrected chi connectivity index (χ2v) is 11.0. The van der Waals surface area contributed by atoms with Crippen LogP contribution >= 0.6 is 0 Å². The Morgan fingerprint density at radius 3 is 2.00 bits per heavy atom. The van der Waals surface area contributed by atoms with E-state index in [2.05, 4.69) is 32.2 Å². The summed E-state index contributed by atoms with van der Waals surface area (Å²) >= 11 is 0. The fraction of sp³-hybridized carbons (Fsp3) is 0.419. The van der Waals surface area contributed by atoms with E-state index >= 15 is 0 Å². The third-order valence-electron chi connectivity index (χ3n) is 7.83. The van der Waals surface area contributed by atoms with Crippen LogP contribution in [0.2, 0.25) is 0 Å². The SMILES string of the molecule is CC(C)(C)c1ccc(C2(CCCO)CNCCC2C(O)(c2ccccc2)c2ccccc2)c(O)c1. The van der Waals surface area contributed by atoms with Gasteiger partial charge in [0.15, 0.2) is 0 Å². The van der Waals surface area contributed by atoms with Gasteiger partial charge in [-0.2, -0.15) is 0 Å². The van der Waals surface area contributed by atoms with E-state index in [1.807, 2.05) is 72.8 Å². The highest BCUT2D eigenvalue weighted by Gasteiger charge is 2.54. The van der Waals surface area contributed by atoms with E-state index in [0.717, 1.165) is 35.2 Å². The van der Waals surface area contributed by atoms with Gasteiger partial charge < -0.3 is 20.6 Å². The van der Waals surface area contributed by atoms with Gasteiger partial charge in [-0.1, -0.05) is 93.6 Å². The summed E-state index contributed by atoms with van der Waals surface area (Å²) in [5.41, 5.74) is 1.65. The number of aliphatic hydroxyl groups is 2. The lowest BCUT2D eigenvalue weighted by Crippen LogP contribution is -2.57. The number of rotatable bonds is 7. The van der Waals surface area contributed by atoms with Gasteiger partial charge in [-0.25, -0.2) is 0 Å². The molecule has 0 aliphatic carbocycles. The number of hydrogen-bond acceptors (Lipinski definition) is 4. The van der Waals surface area contributed by atoms with E-state index in [4.69, 9.17) is 0 Å². The highest BCUT2D eigenvalue weighted by molar-refractivity contribution is 5.48. The Hall–Kier alpha value is -2.66. The molecule has 2 unspecified atom stereocenters. The van der Waals surface area contributed by atoms with Gasteiger partial charge in [0.05, 0.1) is 0 Å². The van der Waals surface area contributed by atoms with Crippen LogP contribution in [0.3, 0.4) is 0 Å². The molecule has 0 amide bonds. The van der Waals surface area contributed by atoms with Crippen molar-refractivity contribution in [2.75, 3.05) is 19.7 Å². The van der Waals surface area contributed by atoms with E-state index in [-0.39, 0.29) is 23.7 Å². The molecule has 0 aromatic heterocycles. The van der Waals surface area contributed by atoms with Crippen molar-refractivity contribution in [3.05, 3.63) is 101 Å². The minimum Gasteiger partial charge on any atom is -0.508 e. The molecule has 1 aliphatic heterocycles. The van der Waals surface area contributed by atoms with Gasteiger partial charge in [-0.05, 0) is 54.0 Å². The maximum atomic E-state index is 12.8. The molecule has 2 atom stereocenters. The molecule has 4 heteroatoms. The van der Waals surface area contributed by atoms with Gasteiger partial charge in [-0.15, -0.1) is 0 Å². The maximum Gasteiger partial charge on any atom is 0.119 e. The minimum atomic E-state index is -1.27. The lowest BCUT2D eigenvalue weighted by atomic mass is 9.56. The molecule has 0 saturated carbocycles. The van der Waals surface area contributed by atoms with Gasteiger partial charge in [0.25, 0.3) is 0 Å². The Kier molecular flexibility index (Phi) is 7.37. The maximum absolute atomic E-state index is 12.8. The lowest BCUT2D eigenvalue weighted by Gasteiger charge is -2.52. The standard InChI is InChI=1S/C31H39NO3/c1-29(2,3)25-15-16-26(27(34)21-25)30(18-10-20-33)22-32-19-17-28(30)31(35,23-11-6-4-7-12-23)24-13-8-5-9-14-24/h4-9,11-16,21,28,32-35H,10,17-20,22H2,1-3H3. The Morgan fingerprint density at radius 2 is 1.49 bits per heavy atom. The van der Waals surface area contributed by atoms with Crippen LogP contribution < -0.4 is 5.32 Å². The van der Waals surface area contributed by atoms with Gasteiger partial charge >= 0.3 is 0 Å². The summed E-state index contributed by atoms with van der Waals surface area (Å²) in [6.45, 7) is 7.85. The van der Waals surface area contributed by atoms with E-state index in [9.17, 15) is 15.3 Å². The zero-order valence-electron chi connectivity index (χ0n) is 21.2. The van der Waals surface area contributed by atoms with Gasteiger partial charge in [0.2, 0.25) is 0 Å². The molecule has 0 bridgehead atoms. The zero-order chi connectivity index (χ0) is 25.1. The third kappa shape index (κ3) is 4.75. The van der Waals surface area contributed by atoms with E-state index in [1.165, 1.54) is 0 Å². The Balaban J connectivity index is 1.96. The normalized spacial score (nSPS) is 21.1. The molecule has 186 valence electrons. The molecule has 3 aromatic rings. The third-order valence-corrected chi connectivity index (χ3v) is 7.83. The number of nitrogens with one attached hydrogen (secondary N) is 1. The summed E-state index contributed by atoms with van der Waals surface area (Å²) in [6, 6.07) is 25.8. The van der Waals surface area contributed by atoms with E-state index < -0.39 is 11.0 Å². The smallest absolute Gasteiger partial charge is 0.119 e. The number of phenolic OH excluding ortho intramolecular Hbond substituents is 1. The number of benzene rings is 3. The van der Waals surface area contributed by atoms with Crippen LogP contribution in [-0.4, -0.2) is 35.0 Å². The quantitative estimate of drug-likeness (QED) is 0.378. The fourth-order valence-corrected chi connectivity index (χ4v) is 6.01. The molecule has 35 heavy (non-hydrogen) atoms. The summed E-state index contributed by atoms with van der Waals surface area (Å²) in [5.74, 6) is 0.0338. The molecule has 1 aliphatic rings. The van der Waals surface area contributed by atoms with Crippen molar-refractivity contribution in [1.82, 2.24) is 5.32 Å². The van der Waals surface area contributed by atoms with Crippen molar-refractivity contribution in [1.29, 1.82) is 0 Å². The summed E-state index contributed by atoms with van der Waals surface area (Å²) in [6.07, 6.45) is 1.95. The molecule has 1 saturated heterocycles. The number of piperidine rings is 1. The van der Waals surface area contributed by atoms with E-state index in [0.29, 0.717) is 19.4 Å². The predicted octanol–water partition coefficient (Wildman–Crippen LogP) is 5.25. The Morgan fingerprint density at radius 1 is 0.886 bits per heavy atom. The molecule has 3 aromatic carbocycles. The summed E-state index contributed by atoms with van der Waals surface area (Å²) < 4.78 is 0. The van der Waals surface area contributed by atoms with E-state index in [1.54, 1.807) is 0 Å². The first-order valence-corrected chi connectivity index (χ1v) is 12.7. The molecule has 4 rings (SSSR count). The molecule has 0 radical (unpaired) electrons. The first-order valence-electron chi connectivity index (χ1n) is 12.7. The van der Waals surface area contributed by atoms with Crippen LogP contribution in [0.25, 0.3) is 0 Å². The van der Waals surface area contributed by atoms with Crippen molar-refractivity contribution >= 4 is 0 Å². The molecule has 0 spiro atoms. The molecular formula is C31H39NO3. The van der Waals surface area contributed by atoms with Gasteiger partial charge in [0.1, 0.15) is 11.4 Å². The zero-order valence-corrected chi connectivity index (χ0v) is 21.2. The summed E-state index contributed by atoms with van der Waals surface area (Å²) in [4.78, 5) is 0. The average molecular weight is 474 g/mol.